The standard InChI is InChI=1S/C16H14Cl2N2O4/c1-2-12(16(21)20-15-11(18)5-9(17)7-19-15)24-10-3-4-13-14(6-10)23-8-22-13/h3-7,12H,2,8H2,1H3,(H,19,20,21). The Morgan fingerprint density at radius 2 is 2.12 bits per heavy atom. The quantitative estimate of drug-likeness (QED) is 0.865. The van der Waals surface area contributed by atoms with Gasteiger partial charge in [0.1, 0.15) is 5.75 Å². The van der Waals surface area contributed by atoms with Gasteiger partial charge in [0, 0.05) is 12.3 Å². The lowest BCUT2D eigenvalue weighted by Gasteiger charge is -2.17. The van der Waals surface area contributed by atoms with Gasteiger partial charge in [-0.2, -0.15) is 0 Å². The molecule has 0 fully saturated rings. The zero-order valence-electron chi connectivity index (χ0n) is 12.7. The molecule has 2 heterocycles. The number of carbonyl (C=O) groups is 1. The van der Waals surface area contributed by atoms with Crippen LogP contribution < -0.4 is 19.5 Å². The second-order valence-electron chi connectivity index (χ2n) is 5.00. The molecular formula is C16H14Cl2N2O4. The maximum atomic E-state index is 12.4. The molecule has 0 bridgehead atoms. The van der Waals surface area contributed by atoms with Crippen molar-refractivity contribution in [3.8, 4) is 17.2 Å². The molecule has 6 nitrogen and oxygen atoms in total. The molecule has 3 rings (SSSR count). The molecule has 1 amide bonds. The number of carbonyl (C=O) groups excluding carboxylic acids is 1. The van der Waals surface area contributed by atoms with Crippen molar-refractivity contribution in [3.63, 3.8) is 0 Å². The van der Waals surface area contributed by atoms with E-state index in [1.165, 1.54) is 12.3 Å². The number of benzene rings is 1. The Balaban J connectivity index is 1.70. The van der Waals surface area contributed by atoms with Crippen molar-refractivity contribution in [1.29, 1.82) is 0 Å². The van der Waals surface area contributed by atoms with E-state index in [-0.39, 0.29) is 23.5 Å². The van der Waals surface area contributed by atoms with Gasteiger partial charge >= 0.3 is 0 Å². The smallest absolute Gasteiger partial charge is 0.266 e. The number of fused-ring (bicyclic) bond motifs is 1. The number of hydrogen-bond donors (Lipinski definition) is 1. The molecule has 0 saturated carbocycles. The van der Waals surface area contributed by atoms with Crippen LogP contribution in [0.25, 0.3) is 0 Å². The summed E-state index contributed by atoms with van der Waals surface area (Å²) in [6.45, 7) is 2.02. The fourth-order valence-corrected chi connectivity index (χ4v) is 2.57. The third-order valence-corrected chi connectivity index (χ3v) is 3.83. The topological polar surface area (TPSA) is 69.7 Å². The molecule has 8 heteroatoms. The van der Waals surface area contributed by atoms with Crippen LogP contribution in [0.4, 0.5) is 5.82 Å². The van der Waals surface area contributed by atoms with E-state index in [1.54, 1.807) is 18.2 Å². The first kappa shape index (κ1) is 16.7. The van der Waals surface area contributed by atoms with Crippen molar-refractivity contribution in [2.45, 2.75) is 19.4 Å². The van der Waals surface area contributed by atoms with Gasteiger partial charge in [-0.25, -0.2) is 4.98 Å². The minimum Gasteiger partial charge on any atom is -0.480 e. The van der Waals surface area contributed by atoms with Gasteiger partial charge in [-0.3, -0.25) is 4.79 Å². The average molecular weight is 369 g/mol. The van der Waals surface area contributed by atoms with Gasteiger partial charge in [0.25, 0.3) is 5.91 Å². The zero-order valence-corrected chi connectivity index (χ0v) is 14.2. The number of rotatable bonds is 5. The Bertz CT molecular complexity index is 770. The Morgan fingerprint density at radius 3 is 2.88 bits per heavy atom. The molecule has 126 valence electrons. The predicted molar refractivity (Wildman–Crippen MR) is 90.2 cm³/mol. The van der Waals surface area contributed by atoms with Crippen LogP contribution in [-0.4, -0.2) is 23.8 Å². The van der Waals surface area contributed by atoms with Crippen LogP contribution in [0.3, 0.4) is 0 Å². The number of amides is 1. The fraction of sp³-hybridized carbons (Fsp3) is 0.250. The van der Waals surface area contributed by atoms with Crippen molar-refractivity contribution in [1.82, 2.24) is 4.98 Å². The van der Waals surface area contributed by atoms with Crippen LogP contribution in [0.2, 0.25) is 10.0 Å². The molecule has 0 spiro atoms. The van der Waals surface area contributed by atoms with E-state index in [9.17, 15) is 4.79 Å². The Kier molecular flexibility index (Phi) is 4.97. The van der Waals surface area contributed by atoms with Gasteiger partial charge in [0.15, 0.2) is 23.4 Å². The minimum atomic E-state index is -0.709. The number of nitrogens with one attached hydrogen (secondary N) is 1. The van der Waals surface area contributed by atoms with E-state index >= 15 is 0 Å². The number of nitrogens with zero attached hydrogens (tertiary/aromatic N) is 1. The molecule has 0 aliphatic carbocycles. The Morgan fingerprint density at radius 1 is 1.33 bits per heavy atom. The summed E-state index contributed by atoms with van der Waals surface area (Å²) in [6, 6.07) is 6.65. The highest BCUT2D eigenvalue weighted by molar-refractivity contribution is 6.36. The summed E-state index contributed by atoms with van der Waals surface area (Å²) in [5.74, 6) is 1.63. The maximum absolute atomic E-state index is 12.4. The number of aromatic nitrogens is 1. The van der Waals surface area contributed by atoms with Crippen LogP contribution in [0.15, 0.2) is 30.5 Å². The van der Waals surface area contributed by atoms with Crippen LogP contribution in [-0.2, 0) is 4.79 Å². The summed E-state index contributed by atoms with van der Waals surface area (Å²) in [7, 11) is 0. The van der Waals surface area contributed by atoms with E-state index in [0.717, 1.165) is 0 Å². The highest BCUT2D eigenvalue weighted by Crippen LogP contribution is 2.35. The average Bonchev–Trinajstić information content (AvgIpc) is 3.02. The fourth-order valence-electron chi connectivity index (χ4n) is 2.14. The lowest BCUT2D eigenvalue weighted by Crippen LogP contribution is -2.32. The molecular weight excluding hydrogens is 355 g/mol. The lowest BCUT2D eigenvalue weighted by molar-refractivity contribution is -0.122. The first-order valence-corrected chi connectivity index (χ1v) is 8.00. The summed E-state index contributed by atoms with van der Waals surface area (Å²) in [5, 5.41) is 3.29. The third-order valence-electron chi connectivity index (χ3n) is 3.34. The summed E-state index contributed by atoms with van der Waals surface area (Å²) in [4.78, 5) is 16.4. The molecule has 0 radical (unpaired) electrons. The van der Waals surface area contributed by atoms with Crippen LogP contribution in [0.1, 0.15) is 13.3 Å². The summed E-state index contributed by atoms with van der Waals surface area (Å²) >= 11 is 11.8. The first-order chi connectivity index (χ1) is 11.6. The van der Waals surface area contributed by atoms with Gasteiger partial charge in [0.2, 0.25) is 6.79 Å². The van der Waals surface area contributed by atoms with Crippen molar-refractivity contribution in [2.24, 2.45) is 0 Å². The zero-order chi connectivity index (χ0) is 17.1. The van der Waals surface area contributed by atoms with Gasteiger partial charge in [0.05, 0.1) is 10.0 Å². The van der Waals surface area contributed by atoms with Crippen LogP contribution >= 0.6 is 23.2 Å². The Hall–Kier alpha value is -2.18. The van der Waals surface area contributed by atoms with Crippen molar-refractivity contribution in [2.75, 3.05) is 12.1 Å². The van der Waals surface area contributed by atoms with Gasteiger partial charge in [-0.15, -0.1) is 0 Å². The van der Waals surface area contributed by atoms with Gasteiger partial charge in [-0.05, 0) is 24.6 Å². The normalized spacial score (nSPS) is 13.5. The van der Waals surface area contributed by atoms with Gasteiger partial charge < -0.3 is 19.5 Å². The molecule has 1 atom stereocenters. The molecule has 1 aromatic heterocycles. The third kappa shape index (κ3) is 3.66. The van der Waals surface area contributed by atoms with E-state index in [4.69, 9.17) is 37.4 Å². The summed E-state index contributed by atoms with van der Waals surface area (Å²) < 4.78 is 16.3. The van der Waals surface area contributed by atoms with Crippen molar-refractivity contribution >= 4 is 34.9 Å². The molecule has 1 unspecified atom stereocenters. The number of halogens is 2. The Labute approximate surface area is 148 Å². The molecule has 1 aliphatic rings. The number of hydrogen-bond acceptors (Lipinski definition) is 5. The molecule has 24 heavy (non-hydrogen) atoms. The molecule has 1 N–H and O–H groups in total. The second-order valence-corrected chi connectivity index (χ2v) is 5.85. The highest BCUT2D eigenvalue weighted by Gasteiger charge is 2.22. The molecule has 0 saturated heterocycles. The largest absolute Gasteiger partial charge is 0.480 e. The monoisotopic (exact) mass is 368 g/mol. The number of ether oxygens (including phenoxy) is 3. The summed E-state index contributed by atoms with van der Waals surface area (Å²) in [5.41, 5.74) is 0. The molecule has 1 aliphatic heterocycles. The lowest BCUT2D eigenvalue weighted by atomic mass is 10.2. The summed E-state index contributed by atoms with van der Waals surface area (Å²) in [6.07, 6.45) is 1.16. The highest BCUT2D eigenvalue weighted by atomic mass is 35.5. The SMILES string of the molecule is CCC(Oc1ccc2c(c1)OCO2)C(=O)Nc1ncc(Cl)cc1Cl. The predicted octanol–water partition coefficient (Wildman–Crippen LogP) is 3.91. The molecule has 2 aromatic rings. The van der Waals surface area contributed by atoms with E-state index < -0.39 is 6.10 Å². The number of anilines is 1. The van der Waals surface area contributed by atoms with E-state index in [2.05, 4.69) is 10.3 Å². The molecule has 1 aromatic carbocycles. The maximum Gasteiger partial charge on any atom is 0.266 e. The van der Waals surface area contributed by atoms with Crippen molar-refractivity contribution < 1.29 is 19.0 Å². The minimum absolute atomic E-state index is 0.178. The van der Waals surface area contributed by atoms with E-state index in [0.29, 0.717) is 28.7 Å². The number of pyridine rings is 1. The van der Waals surface area contributed by atoms with Crippen LogP contribution in [0.5, 0.6) is 17.2 Å². The first-order valence-electron chi connectivity index (χ1n) is 7.25. The second kappa shape index (κ2) is 7.15. The van der Waals surface area contributed by atoms with Gasteiger partial charge in [-0.1, -0.05) is 30.1 Å². The van der Waals surface area contributed by atoms with E-state index in [1.807, 2.05) is 6.92 Å². The van der Waals surface area contributed by atoms with Crippen LogP contribution in [0, 0.1) is 0 Å². The van der Waals surface area contributed by atoms with Crippen molar-refractivity contribution in [3.05, 3.63) is 40.5 Å².